The van der Waals surface area contributed by atoms with Crippen LogP contribution in [0, 0.1) is 6.92 Å². The molecule has 0 unspecified atom stereocenters. The van der Waals surface area contributed by atoms with E-state index in [1.165, 1.54) is 22.9 Å². The smallest absolute Gasteiger partial charge is 0.262 e. The second-order valence-corrected chi connectivity index (χ2v) is 9.39. The van der Waals surface area contributed by atoms with Gasteiger partial charge < -0.3 is 10.6 Å². The average molecular weight is 441 g/mol. The van der Waals surface area contributed by atoms with Crippen molar-refractivity contribution in [3.63, 3.8) is 0 Å². The van der Waals surface area contributed by atoms with Crippen molar-refractivity contribution in [2.45, 2.75) is 37.1 Å². The van der Waals surface area contributed by atoms with Gasteiger partial charge >= 0.3 is 0 Å². The molecular formula is C27H24N2O2S. The van der Waals surface area contributed by atoms with Crippen molar-refractivity contribution in [1.29, 1.82) is 0 Å². The monoisotopic (exact) mass is 440 g/mol. The van der Waals surface area contributed by atoms with Gasteiger partial charge in [0.2, 0.25) is 0 Å². The van der Waals surface area contributed by atoms with E-state index in [4.69, 9.17) is 0 Å². The summed E-state index contributed by atoms with van der Waals surface area (Å²) in [6.07, 6.45) is 4.96. The fourth-order valence-electron chi connectivity index (χ4n) is 4.36. The first-order valence-electron chi connectivity index (χ1n) is 10.9. The van der Waals surface area contributed by atoms with E-state index in [1.54, 1.807) is 6.07 Å². The third-order valence-corrected chi connectivity index (χ3v) is 7.05. The molecule has 1 atom stereocenters. The van der Waals surface area contributed by atoms with Gasteiger partial charge in [0.1, 0.15) is 0 Å². The summed E-state index contributed by atoms with van der Waals surface area (Å²) in [5.74, 6) is -0.266. The molecule has 0 fully saturated rings. The minimum Gasteiger partial charge on any atom is -0.345 e. The highest BCUT2D eigenvalue weighted by atomic mass is 32.2. The first kappa shape index (κ1) is 20.6. The van der Waals surface area contributed by atoms with E-state index in [9.17, 15) is 9.59 Å². The first-order valence-corrected chi connectivity index (χ1v) is 11.7. The van der Waals surface area contributed by atoms with Gasteiger partial charge in [-0.3, -0.25) is 9.59 Å². The lowest BCUT2D eigenvalue weighted by molar-refractivity contribution is -0.112. The molecule has 1 aliphatic carbocycles. The van der Waals surface area contributed by atoms with Gasteiger partial charge in [-0.15, -0.1) is 0 Å². The van der Waals surface area contributed by atoms with E-state index in [0.717, 1.165) is 35.3 Å². The number of carbonyl (C=O) groups is 2. The number of fused-ring (bicyclic) bond motifs is 2. The van der Waals surface area contributed by atoms with Gasteiger partial charge in [-0.2, -0.15) is 0 Å². The summed E-state index contributed by atoms with van der Waals surface area (Å²) in [5, 5.41) is 6.14. The molecule has 0 saturated heterocycles. The quantitative estimate of drug-likeness (QED) is 0.500. The van der Waals surface area contributed by atoms with E-state index in [-0.39, 0.29) is 17.9 Å². The summed E-state index contributed by atoms with van der Waals surface area (Å²) in [6.45, 7) is 2.03. The molecule has 160 valence electrons. The Morgan fingerprint density at radius 2 is 1.97 bits per heavy atom. The fourth-order valence-corrected chi connectivity index (χ4v) is 5.29. The Hall–Kier alpha value is -3.31. The van der Waals surface area contributed by atoms with Crippen LogP contribution < -0.4 is 10.6 Å². The van der Waals surface area contributed by atoms with Crippen LogP contribution in [-0.2, 0) is 11.2 Å². The van der Waals surface area contributed by atoms with E-state index in [0.29, 0.717) is 16.2 Å². The maximum atomic E-state index is 13.0. The normalized spacial score (nSPS) is 18.5. The van der Waals surface area contributed by atoms with Crippen molar-refractivity contribution in [3.05, 3.63) is 99.5 Å². The number of hydrogen-bond acceptors (Lipinski definition) is 3. The van der Waals surface area contributed by atoms with Gasteiger partial charge in [-0.1, -0.05) is 65.9 Å². The predicted octanol–water partition coefficient (Wildman–Crippen LogP) is 5.89. The zero-order valence-corrected chi connectivity index (χ0v) is 18.7. The second kappa shape index (κ2) is 8.67. The average Bonchev–Trinajstić information content (AvgIpc) is 2.79. The summed E-state index contributed by atoms with van der Waals surface area (Å²) in [4.78, 5) is 27.2. The lowest BCUT2D eigenvalue weighted by Crippen LogP contribution is -2.31. The van der Waals surface area contributed by atoms with E-state index in [1.807, 2.05) is 55.5 Å². The number of nitrogens with one attached hydrogen (secondary N) is 2. The summed E-state index contributed by atoms with van der Waals surface area (Å²) in [7, 11) is 0. The van der Waals surface area contributed by atoms with Gasteiger partial charge in [0.25, 0.3) is 11.8 Å². The maximum absolute atomic E-state index is 13.0. The third kappa shape index (κ3) is 4.21. The molecule has 0 aromatic heterocycles. The maximum Gasteiger partial charge on any atom is 0.262 e. The predicted molar refractivity (Wildman–Crippen MR) is 130 cm³/mol. The summed E-state index contributed by atoms with van der Waals surface area (Å²) >= 11 is 1.43. The Bertz CT molecular complexity index is 1250. The van der Waals surface area contributed by atoms with E-state index >= 15 is 0 Å². The number of hydrogen-bond donors (Lipinski definition) is 2. The summed E-state index contributed by atoms with van der Waals surface area (Å²) < 4.78 is 0. The minimum atomic E-state index is -0.150. The Labute approximate surface area is 192 Å². The number of thioether (sulfide) groups is 1. The molecule has 32 heavy (non-hydrogen) atoms. The zero-order chi connectivity index (χ0) is 22.1. The molecule has 3 aromatic carbocycles. The summed E-state index contributed by atoms with van der Waals surface area (Å²) in [5.41, 5.74) is 5.90. The molecule has 0 spiro atoms. The van der Waals surface area contributed by atoms with Crippen molar-refractivity contribution < 1.29 is 9.59 Å². The molecule has 0 bridgehead atoms. The molecule has 1 heterocycles. The van der Waals surface area contributed by atoms with Gasteiger partial charge in [0.05, 0.1) is 16.6 Å². The molecule has 3 aromatic rings. The van der Waals surface area contributed by atoms with Crippen LogP contribution in [0.15, 0.2) is 76.5 Å². The topological polar surface area (TPSA) is 58.2 Å². The van der Waals surface area contributed by atoms with Crippen LogP contribution in [0.2, 0.25) is 0 Å². The van der Waals surface area contributed by atoms with Crippen LogP contribution in [0.25, 0.3) is 6.08 Å². The van der Waals surface area contributed by atoms with E-state index < -0.39 is 0 Å². The van der Waals surface area contributed by atoms with Gasteiger partial charge in [0.15, 0.2) is 0 Å². The number of anilines is 1. The minimum absolute atomic E-state index is 0.0244. The van der Waals surface area contributed by atoms with Crippen LogP contribution in [0.4, 0.5) is 5.69 Å². The van der Waals surface area contributed by atoms with Crippen molar-refractivity contribution in [1.82, 2.24) is 5.32 Å². The van der Waals surface area contributed by atoms with Crippen LogP contribution in [0.3, 0.4) is 0 Å². The second-order valence-electron chi connectivity index (χ2n) is 8.31. The van der Waals surface area contributed by atoms with Crippen LogP contribution in [0.5, 0.6) is 0 Å². The van der Waals surface area contributed by atoms with Crippen LogP contribution in [0.1, 0.15) is 51.5 Å². The standard InChI is InChI=1S/C27H24N2O2S/c1-17-6-4-7-18(14-17)15-25-27(31)29-23-16-20(12-13-24(23)32-25)26(30)28-22-11-5-9-19-8-2-3-10-21(19)22/h2-4,6-8,10,12-16,22H,5,9,11H2,1H3,(H,28,30)(H,29,31)/b25-15+/t22-/m1/s1. The number of benzene rings is 3. The van der Waals surface area contributed by atoms with E-state index in [2.05, 4.69) is 28.8 Å². The highest BCUT2D eigenvalue weighted by molar-refractivity contribution is 8.04. The van der Waals surface area contributed by atoms with Gasteiger partial charge in [-0.25, -0.2) is 0 Å². The zero-order valence-electron chi connectivity index (χ0n) is 17.9. The molecule has 2 N–H and O–H groups in total. The molecule has 5 rings (SSSR count). The SMILES string of the molecule is Cc1cccc(/C=C2/Sc3ccc(C(=O)N[C@@H]4CCCc5ccccc54)cc3NC2=O)c1. The Morgan fingerprint density at radius 1 is 1.09 bits per heavy atom. The van der Waals surface area contributed by atoms with Crippen molar-refractivity contribution in [3.8, 4) is 0 Å². The number of carbonyl (C=O) groups excluding carboxylic acids is 2. The number of amides is 2. The third-order valence-electron chi connectivity index (χ3n) is 5.95. The molecule has 2 aliphatic rings. The molecule has 4 nitrogen and oxygen atoms in total. The first-order chi connectivity index (χ1) is 15.6. The lowest BCUT2D eigenvalue weighted by Gasteiger charge is -2.26. The molecule has 0 radical (unpaired) electrons. The largest absolute Gasteiger partial charge is 0.345 e. The molecular weight excluding hydrogens is 416 g/mol. The Kier molecular flexibility index (Phi) is 5.58. The Balaban J connectivity index is 1.35. The van der Waals surface area contributed by atoms with Crippen molar-refractivity contribution in [2.24, 2.45) is 0 Å². The molecule has 2 amide bonds. The number of aryl methyl sites for hydroxylation is 2. The number of rotatable bonds is 3. The van der Waals surface area contributed by atoms with Crippen molar-refractivity contribution >= 4 is 35.3 Å². The molecule has 5 heteroatoms. The van der Waals surface area contributed by atoms with Crippen molar-refractivity contribution in [2.75, 3.05) is 5.32 Å². The van der Waals surface area contributed by atoms with Gasteiger partial charge in [-0.05, 0) is 67.2 Å². The fraction of sp³-hybridized carbons (Fsp3) is 0.185. The van der Waals surface area contributed by atoms with Crippen LogP contribution in [-0.4, -0.2) is 11.8 Å². The van der Waals surface area contributed by atoms with Crippen LogP contribution >= 0.6 is 11.8 Å². The van der Waals surface area contributed by atoms with Gasteiger partial charge in [0, 0.05) is 10.5 Å². The molecule has 0 saturated carbocycles. The molecule has 1 aliphatic heterocycles. The lowest BCUT2D eigenvalue weighted by atomic mass is 9.87. The Morgan fingerprint density at radius 3 is 2.84 bits per heavy atom. The highest BCUT2D eigenvalue weighted by Crippen LogP contribution is 2.39. The summed E-state index contributed by atoms with van der Waals surface area (Å²) in [6, 6.07) is 21.9. The highest BCUT2D eigenvalue weighted by Gasteiger charge is 2.25.